The van der Waals surface area contributed by atoms with Gasteiger partial charge in [0.25, 0.3) is 0 Å². The molecule has 0 bridgehead atoms. The van der Waals surface area contributed by atoms with Crippen molar-refractivity contribution in [2.45, 2.75) is 50.9 Å². The summed E-state index contributed by atoms with van der Waals surface area (Å²) in [6.07, 6.45) is 3.57. The minimum atomic E-state index is -0.125. The number of aliphatic imine (C=N–C) groups is 1. The van der Waals surface area contributed by atoms with Gasteiger partial charge in [0.15, 0.2) is 11.8 Å². The minimum Gasteiger partial charge on any atom is -0.356 e. The number of nitrogens with one attached hydrogen (secondary N) is 2. The molecule has 27 heavy (non-hydrogen) atoms. The first-order valence-corrected chi connectivity index (χ1v) is 9.56. The lowest BCUT2D eigenvalue weighted by molar-refractivity contribution is 0.368. The monoisotopic (exact) mass is 373 g/mol. The molecule has 7 heteroatoms. The molecule has 1 aromatic carbocycles. The van der Waals surface area contributed by atoms with E-state index in [9.17, 15) is 4.39 Å². The van der Waals surface area contributed by atoms with Crippen molar-refractivity contribution in [3.8, 4) is 0 Å². The van der Waals surface area contributed by atoms with Gasteiger partial charge in [-0.15, -0.1) is 0 Å². The largest absolute Gasteiger partial charge is 0.356 e. The lowest BCUT2D eigenvalue weighted by atomic mass is 9.95. The second-order valence-corrected chi connectivity index (χ2v) is 7.42. The molecule has 0 unspecified atom stereocenters. The van der Waals surface area contributed by atoms with Gasteiger partial charge in [0.05, 0.1) is 0 Å². The average Bonchev–Trinajstić information content (AvgIpc) is 3.29. The number of nitrogens with zero attached hydrogens (tertiary/aromatic N) is 3. The third-order valence-corrected chi connectivity index (χ3v) is 4.98. The van der Waals surface area contributed by atoms with E-state index in [4.69, 9.17) is 4.52 Å². The van der Waals surface area contributed by atoms with Gasteiger partial charge in [0, 0.05) is 37.9 Å². The van der Waals surface area contributed by atoms with E-state index in [0.717, 1.165) is 49.6 Å². The third kappa shape index (κ3) is 4.84. The van der Waals surface area contributed by atoms with E-state index in [2.05, 4.69) is 25.8 Å². The van der Waals surface area contributed by atoms with Gasteiger partial charge in [-0.25, -0.2) is 4.39 Å². The zero-order chi connectivity index (χ0) is 19.3. The molecular weight excluding hydrogens is 345 g/mol. The standard InChI is InChI=1S/C20H28FN5O/c1-14(2)18-25-17(27-26-18)9-6-12-23-19(22-3)24-13-20(10-11-20)15-7-4-5-8-16(15)21/h4-5,7-8,14H,6,9-13H2,1-3H3,(H2,22,23,24). The Morgan fingerprint density at radius 3 is 2.70 bits per heavy atom. The van der Waals surface area contributed by atoms with Gasteiger partial charge in [-0.3, -0.25) is 4.99 Å². The van der Waals surface area contributed by atoms with Gasteiger partial charge in [-0.2, -0.15) is 4.98 Å². The van der Waals surface area contributed by atoms with Gasteiger partial charge in [0.1, 0.15) is 5.82 Å². The Balaban J connectivity index is 1.43. The molecule has 2 N–H and O–H groups in total. The first-order valence-electron chi connectivity index (χ1n) is 9.56. The van der Waals surface area contributed by atoms with E-state index in [1.807, 2.05) is 26.0 Å². The summed E-state index contributed by atoms with van der Waals surface area (Å²) in [5.41, 5.74) is 0.685. The lowest BCUT2D eigenvalue weighted by Gasteiger charge is -2.19. The first kappa shape index (κ1) is 19.3. The summed E-state index contributed by atoms with van der Waals surface area (Å²) in [6.45, 7) is 5.50. The SMILES string of the molecule is CN=C(NCCCc1nc(C(C)C)no1)NCC1(c2ccccc2F)CC1. The van der Waals surface area contributed by atoms with Crippen LogP contribution in [0.2, 0.25) is 0 Å². The molecule has 0 radical (unpaired) electrons. The van der Waals surface area contributed by atoms with Gasteiger partial charge >= 0.3 is 0 Å². The fraction of sp³-hybridized carbons (Fsp3) is 0.550. The van der Waals surface area contributed by atoms with Gasteiger partial charge in [0.2, 0.25) is 5.89 Å². The maximum atomic E-state index is 14.1. The van der Waals surface area contributed by atoms with Crippen LogP contribution in [-0.4, -0.2) is 36.2 Å². The maximum absolute atomic E-state index is 14.1. The van der Waals surface area contributed by atoms with Gasteiger partial charge in [-0.05, 0) is 30.9 Å². The smallest absolute Gasteiger partial charge is 0.226 e. The van der Waals surface area contributed by atoms with Crippen LogP contribution in [0.15, 0.2) is 33.8 Å². The third-order valence-electron chi connectivity index (χ3n) is 4.98. The molecule has 0 atom stereocenters. The van der Waals surface area contributed by atoms with E-state index in [1.165, 1.54) is 6.07 Å². The minimum absolute atomic E-state index is 0.111. The Hall–Kier alpha value is -2.44. The van der Waals surface area contributed by atoms with Crippen molar-refractivity contribution in [1.29, 1.82) is 0 Å². The van der Waals surface area contributed by atoms with E-state index < -0.39 is 0 Å². The van der Waals surface area contributed by atoms with Crippen LogP contribution in [0.4, 0.5) is 4.39 Å². The number of benzene rings is 1. The second-order valence-electron chi connectivity index (χ2n) is 7.42. The maximum Gasteiger partial charge on any atom is 0.226 e. The molecule has 1 heterocycles. The highest BCUT2D eigenvalue weighted by molar-refractivity contribution is 5.79. The summed E-state index contributed by atoms with van der Waals surface area (Å²) in [5, 5.41) is 10.6. The molecule has 2 aromatic rings. The second kappa shape index (κ2) is 8.50. The molecule has 3 rings (SSSR count). The molecule has 1 aliphatic carbocycles. The van der Waals surface area contributed by atoms with Crippen LogP contribution < -0.4 is 10.6 Å². The average molecular weight is 373 g/mol. The number of hydrogen-bond acceptors (Lipinski definition) is 4. The predicted octanol–water partition coefficient (Wildman–Crippen LogP) is 3.16. The molecule has 0 spiro atoms. The molecule has 6 nitrogen and oxygen atoms in total. The van der Waals surface area contributed by atoms with Gasteiger partial charge < -0.3 is 15.2 Å². The number of aryl methyl sites for hydroxylation is 1. The first-order chi connectivity index (χ1) is 13.0. The van der Waals surface area contributed by atoms with Crippen LogP contribution in [0.3, 0.4) is 0 Å². The van der Waals surface area contributed by atoms with E-state index in [0.29, 0.717) is 12.4 Å². The quantitative estimate of drug-likeness (QED) is 0.422. The van der Waals surface area contributed by atoms with E-state index >= 15 is 0 Å². The van der Waals surface area contributed by atoms with Crippen LogP contribution in [0.25, 0.3) is 0 Å². The number of aromatic nitrogens is 2. The van der Waals surface area contributed by atoms with Crippen molar-refractivity contribution < 1.29 is 8.91 Å². The fourth-order valence-corrected chi connectivity index (χ4v) is 3.11. The van der Waals surface area contributed by atoms with E-state index in [-0.39, 0.29) is 17.2 Å². The lowest BCUT2D eigenvalue weighted by Crippen LogP contribution is -2.41. The molecule has 0 amide bonds. The summed E-state index contributed by atoms with van der Waals surface area (Å²) < 4.78 is 19.3. The Labute approximate surface area is 159 Å². The highest BCUT2D eigenvalue weighted by Crippen LogP contribution is 2.48. The van der Waals surface area contributed by atoms with Crippen molar-refractivity contribution >= 4 is 5.96 Å². The molecule has 1 aliphatic rings. The molecular formula is C20H28FN5O. The van der Waals surface area contributed by atoms with Crippen LogP contribution in [0.1, 0.15) is 56.3 Å². The summed E-state index contributed by atoms with van der Waals surface area (Å²) >= 11 is 0. The Kier molecular flexibility index (Phi) is 6.08. The van der Waals surface area contributed by atoms with Crippen molar-refractivity contribution in [2.24, 2.45) is 4.99 Å². The highest BCUT2D eigenvalue weighted by Gasteiger charge is 2.45. The normalized spacial score (nSPS) is 15.8. The Morgan fingerprint density at radius 2 is 2.07 bits per heavy atom. The zero-order valence-electron chi connectivity index (χ0n) is 16.3. The van der Waals surface area contributed by atoms with Gasteiger partial charge in [-0.1, -0.05) is 37.2 Å². The van der Waals surface area contributed by atoms with Crippen LogP contribution in [0, 0.1) is 5.82 Å². The fourth-order valence-electron chi connectivity index (χ4n) is 3.11. The molecule has 1 saturated carbocycles. The zero-order valence-corrected chi connectivity index (χ0v) is 16.3. The predicted molar refractivity (Wildman–Crippen MR) is 103 cm³/mol. The number of rotatable bonds is 8. The Bertz CT molecular complexity index is 782. The molecule has 1 fully saturated rings. The summed E-state index contributed by atoms with van der Waals surface area (Å²) in [4.78, 5) is 8.63. The number of guanidine groups is 1. The van der Waals surface area contributed by atoms with Crippen molar-refractivity contribution in [3.05, 3.63) is 47.4 Å². The Morgan fingerprint density at radius 1 is 1.30 bits per heavy atom. The van der Waals surface area contributed by atoms with Crippen LogP contribution >= 0.6 is 0 Å². The number of hydrogen-bond donors (Lipinski definition) is 2. The van der Waals surface area contributed by atoms with Crippen molar-refractivity contribution in [1.82, 2.24) is 20.8 Å². The molecule has 146 valence electrons. The molecule has 0 saturated heterocycles. The molecule has 0 aliphatic heterocycles. The van der Waals surface area contributed by atoms with E-state index in [1.54, 1.807) is 13.1 Å². The topological polar surface area (TPSA) is 75.3 Å². The van der Waals surface area contributed by atoms with Crippen LogP contribution in [-0.2, 0) is 11.8 Å². The summed E-state index contributed by atoms with van der Waals surface area (Å²) in [5.74, 6) is 2.29. The van der Waals surface area contributed by atoms with Crippen LogP contribution in [0.5, 0.6) is 0 Å². The van der Waals surface area contributed by atoms with Crippen molar-refractivity contribution in [2.75, 3.05) is 20.1 Å². The molecule has 1 aromatic heterocycles. The summed E-state index contributed by atoms with van der Waals surface area (Å²) in [6, 6.07) is 7.05. The number of halogens is 1. The highest BCUT2D eigenvalue weighted by atomic mass is 19.1. The van der Waals surface area contributed by atoms with Crippen molar-refractivity contribution in [3.63, 3.8) is 0 Å². The summed E-state index contributed by atoms with van der Waals surface area (Å²) in [7, 11) is 1.74.